The third-order valence-electron chi connectivity index (χ3n) is 3.80. The number of piperidine rings is 1. The van der Waals surface area contributed by atoms with Crippen molar-refractivity contribution in [2.24, 2.45) is 7.05 Å². The van der Waals surface area contributed by atoms with Crippen molar-refractivity contribution in [1.82, 2.24) is 20.0 Å². The number of hydrogen-bond donors (Lipinski definition) is 1. The van der Waals surface area contributed by atoms with E-state index in [0.29, 0.717) is 11.2 Å². The lowest BCUT2D eigenvalue weighted by molar-refractivity contribution is -0.127. The molecule has 1 aliphatic rings. The molecule has 0 spiro atoms. The fourth-order valence-electron chi connectivity index (χ4n) is 2.48. The summed E-state index contributed by atoms with van der Waals surface area (Å²) in [5, 5.41) is 8.03. The van der Waals surface area contributed by atoms with Crippen LogP contribution >= 0.6 is 11.6 Å². The molecule has 2 heterocycles. The molecule has 0 bridgehead atoms. The first kappa shape index (κ1) is 15.1. The van der Waals surface area contributed by atoms with Crippen LogP contribution in [-0.4, -0.2) is 46.8 Å². The minimum absolute atomic E-state index is 0.0406. The molecule has 0 aliphatic carbocycles. The predicted octanol–water partition coefficient (Wildman–Crippen LogP) is 1.61. The molecule has 1 aromatic rings. The van der Waals surface area contributed by atoms with Gasteiger partial charge in [-0.05, 0) is 32.9 Å². The number of likely N-dealkylation sites (tertiary alicyclic amines) is 1. The van der Waals surface area contributed by atoms with Gasteiger partial charge in [0.05, 0.1) is 5.69 Å². The number of halogens is 1. The summed E-state index contributed by atoms with van der Waals surface area (Å²) in [4.78, 5) is 14.0. The van der Waals surface area contributed by atoms with E-state index in [-0.39, 0.29) is 5.91 Å². The quantitative estimate of drug-likeness (QED) is 0.862. The van der Waals surface area contributed by atoms with Crippen LogP contribution in [0.1, 0.15) is 24.1 Å². The molecule has 0 radical (unpaired) electrons. The van der Waals surface area contributed by atoms with E-state index in [4.69, 9.17) is 11.6 Å². The third-order valence-corrected chi connectivity index (χ3v) is 4.25. The molecular weight excluding hydrogens is 276 g/mol. The van der Waals surface area contributed by atoms with Crippen LogP contribution in [0, 0.1) is 6.92 Å². The summed E-state index contributed by atoms with van der Waals surface area (Å²) in [6, 6.07) is 0.526. The molecule has 0 unspecified atom stereocenters. The van der Waals surface area contributed by atoms with Crippen molar-refractivity contribution < 1.29 is 4.79 Å². The van der Waals surface area contributed by atoms with Crippen molar-refractivity contribution in [2.75, 3.05) is 20.1 Å². The molecule has 1 amide bonds. The highest BCUT2D eigenvalue weighted by Crippen LogP contribution is 2.20. The van der Waals surface area contributed by atoms with Gasteiger partial charge in [0.1, 0.15) is 5.15 Å². The molecule has 1 aliphatic heterocycles. The van der Waals surface area contributed by atoms with Crippen LogP contribution in [-0.2, 0) is 11.8 Å². The number of aromatic nitrogens is 2. The first-order valence-electron chi connectivity index (χ1n) is 6.86. The number of aryl methyl sites for hydroxylation is 2. The Kier molecular flexibility index (Phi) is 4.83. The van der Waals surface area contributed by atoms with Gasteiger partial charge in [0, 0.05) is 37.8 Å². The Bertz CT molecular complexity index is 515. The van der Waals surface area contributed by atoms with Gasteiger partial charge < -0.3 is 10.2 Å². The lowest BCUT2D eigenvalue weighted by atomic mass is 10.1. The zero-order valence-corrected chi connectivity index (χ0v) is 12.9. The Hall–Kier alpha value is -1.33. The summed E-state index contributed by atoms with van der Waals surface area (Å²) in [7, 11) is 3.76. The summed E-state index contributed by atoms with van der Waals surface area (Å²) in [5.41, 5.74) is 1.64. The van der Waals surface area contributed by atoms with Crippen molar-refractivity contribution >= 4 is 23.6 Å². The number of hydrogen-bond acceptors (Lipinski definition) is 3. The topological polar surface area (TPSA) is 50.2 Å². The molecule has 6 heteroatoms. The van der Waals surface area contributed by atoms with Gasteiger partial charge in [-0.2, -0.15) is 5.10 Å². The maximum Gasteiger partial charge on any atom is 0.246 e. The SMILES string of the molecule is CNC1CCN(C(=O)/C=C/c2c(C)nn(C)c2Cl)CC1. The normalized spacial score (nSPS) is 17.1. The van der Waals surface area contributed by atoms with Crippen molar-refractivity contribution in [1.29, 1.82) is 0 Å². The van der Waals surface area contributed by atoms with Gasteiger partial charge in [-0.25, -0.2) is 0 Å². The van der Waals surface area contributed by atoms with E-state index in [1.807, 2.05) is 18.9 Å². The second-order valence-electron chi connectivity index (χ2n) is 5.14. The molecule has 1 N–H and O–H groups in total. The highest BCUT2D eigenvalue weighted by atomic mass is 35.5. The Morgan fingerprint density at radius 1 is 1.45 bits per heavy atom. The van der Waals surface area contributed by atoms with E-state index in [1.54, 1.807) is 23.9 Å². The average Bonchev–Trinajstić information content (AvgIpc) is 2.70. The Balaban J connectivity index is 1.99. The van der Waals surface area contributed by atoms with Crippen LogP contribution in [0.5, 0.6) is 0 Å². The van der Waals surface area contributed by atoms with Crippen LogP contribution in [0.15, 0.2) is 6.08 Å². The third kappa shape index (κ3) is 3.22. The van der Waals surface area contributed by atoms with Gasteiger partial charge >= 0.3 is 0 Å². The van der Waals surface area contributed by atoms with E-state index < -0.39 is 0 Å². The largest absolute Gasteiger partial charge is 0.339 e. The number of amides is 1. The summed E-state index contributed by atoms with van der Waals surface area (Å²) in [6.07, 6.45) is 5.36. The van der Waals surface area contributed by atoms with E-state index in [1.165, 1.54) is 0 Å². The molecule has 2 rings (SSSR count). The van der Waals surface area contributed by atoms with Gasteiger partial charge in [-0.1, -0.05) is 11.6 Å². The lowest BCUT2D eigenvalue weighted by Gasteiger charge is -2.31. The molecule has 20 heavy (non-hydrogen) atoms. The maximum absolute atomic E-state index is 12.1. The highest BCUT2D eigenvalue weighted by molar-refractivity contribution is 6.31. The molecule has 1 fully saturated rings. The molecule has 1 saturated heterocycles. The molecule has 5 nitrogen and oxygen atoms in total. The minimum Gasteiger partial charge on any atom is -0.339 e. The monoisotopic (exact) mass is 296 g/mol. The van der Waals surface area contributed by atoms with Gasteiger partial charge in [0.15, 0.2) is 0 Å². The maximum atomic E-state index is 12.1. The first-order chi connectivity index (χ1) is 9.52. The molecule has 1 aromatic heterocycles. The number of nitrogens with zero attached hydrogens (tertiary/aromatic N) is 3. The van der Waals surface area contributed by atoms with Crippen LogP contribution in [0.3, 0.4) is 0 Å². The molecule has 110 valence electrons. The second-order valence-corrected chi connectivity index (χ2v) is 5.49. The van der Waals surface area contributed by atoms with Gasteiger partial charge in [-0.3, -0.25) is 9.48 Å². The first-order valence-corrected chi connectivity index (χ1v) is 7.24. The Morgan fingerprint density at radius 3 is 2.60 bits per heavy atom. The van der Waals surface area contributed by atoms with E-state index in [9.17, 15) is 4.79 Å². The molecule has 0 saturated carbocycles. The van der Waals surface area contributed by atoms with E-state index in [2.05, 4.69) is 10.4 Å². The minimum atomic E-state index is 0.0406. The lowest BCUT2D eigenvalue weighted by Crippen LogP contribution is -2.43. The van der Waals surface area contributed by atoms with Crippen molar-refractivity contribution in [3.63, 3.8) is 0 Å². The summed E-state index contributed by atoms with van der Waals surface area (Å²) in [5.74, 6) is 0.0406. The standard InChI is InChI=1S/C14H21ClN4O/c1-10-12(14(15)18(3)17-10)4-5-13(20)19-8-6-11(16-2)7-9-19/h4-5,11,16H,6-9H2,1-3H3/b5-4+. The molecule has 0 atom stereocenters. The molecule has 0 aromatic carbocycles. The zero-order chi connectivity index (χ0) is 14.7. The van der Waals surface area contributed by atoms with Gasteiger partial charge in [0.2, 0.25) is 5.91 Å². The number of rotatable bonds is 3. The Morgan fingerprint density at radius 2 is 2.10 bits per heavy atom. The average molecular weight is 297 g/mol. The summed E-state index contributed by atoms with van der Waals surface area (Å²) < 4.78 is 1.61. The van der Waals surface area contributed by atoms with Crippen molar-refractivity contribution in [2.45, 2.75) is 25.8 Å². The van der Waals surface area contributed by atoms with E-state index >= 15 is 0 Å². The van der Waals surface area contributed by atoms with Crippen molar-refractivity contribution in [3.05, 3.63) is 22.5 Å². The van der Waals surface area contributed by atoms with Gasteiger partial charge in [-0.15, -0.1) is 0 Å². The summed E-state index contributed by atoms with van der Waals surface area (Å²) in [6.45, 7) is 3.48. The number of carbonyl (C=O) groups excluding carboxylic acids is 1. The van der Waals surface area contributed by atoms with Crippen LogP contribution in [0.2, 0.25) is 5.15 Å². The zero-order valence-electron chi connectivity index (χ0n) is 12.2. The fraction of sp³-hybridized carbons (Fsp3) is 0.571. The second kappa shape index (κ2) is 6.41. The van der Waals surface area contributed by atoms with Gasteiger partial charge in [0.25, 0.3) is 0 Å². The molecular formula is C14H21ClN4O. The summed E-state index contributed by atoms with van der Waals surface area (Å²) >= 11 is 6.14. The highest BCUT2D eigenvalue weighted by Gasteiger charge is 2.20. The van der Waals surface area contributed by atoms with E-state index in [0.717, 1.165) is 37.2 Å². The van der Waals surface area contributed by atoms with Crippen molar-refractivity contribution in [3.8, 4) is 0 Å². The Labute approximate surface area is 124 Å². The smallest absolute Gasteiger partial charge is 0.246 e. The number of carbonyl (C=O) groups is 1. The van der Waals surface area contributed by atoms with Crippen LogP contribution in [0.4, 0.5) is 0 Å². The fourth-order valence-corrected chi connectivity index (χ4v) is 2.72. The van der Waals surface area contributed by atoms with Crippen LogP contribution in [0.25, 0.3) is 6.08 Å². The number of nitrogens with one attached hydrogen (secondary N) is 1. The van der Waals surface area contributed by atoms with Crippen LogP contribution < -0.4 is 5.32 Å². The predicted molar refractivity (Wildman–Crippen MR) is 80.7 cm³/mol.